The third kappa shape index (κ3) is 7.50. The molecule has 3 aromatic heterocycles. The highest BCUT2D eigenvalue weighted by Crippen LogP contribution is 2.37. The molecule has 15 heteroatoms. The van der Waals surface area contributed by atoms with Gasteiger partial charge in [-0.3, -0.25) is 19.2 Å². The van der Waals surface area contributed by atoms with Crippen LogP contribution in [0, 0.1) is 0 Å². The molecule has 1 fully saturated rings. The van der Waals surface area contributed by atoms with Crippen LogP contribution in [0.5, 0.6) is 5.75 Å². The first kappa shape index (κ1) is 30.4. The molecule has 1 saturated heterocycles. The topological polar surface area (TPSA) is 110 Å². The quantitative estimate of drug-likeness (QED) is 0.266. The Morgan fingerprint density at radius 2 is 1.98 bits per heavy atom. The second kappa shape index (κ2) is 12.7. The molecular weight excluding hydrogens is 602 g/mol. The zero-order valence-electron chi connectivity index (χ0n) is 23.5. The number of halogens is 3. The molecule has 0 atom stereocenters. The highest BCUT2D eigenvalue weighted by molar-refractivity contribution is 8.27. The van der Waals surface area contributed by atoms with E-state index in [4.69, 9.17) is 16.3 Å². The van der Waals surface area contributed by atoms with Crippen molar-refractivity contribution >= 4 is 55.7 Å². The number of benzene rings is 1. The van der Waals surface area contributed by atoms with E-state index in [0.717, 1.165) is 25.4 Å². The number of nitrogens with zero attached hydrogens (tertiary/aromatic N) is 7. The third-order valence-corrected chi connectivity index (χ3v) is 8.27. The smallest absolute Gasteiger partial charge is 0.387 e. The highest BCUT2D eigenvalue weighted by atomic mass is 35.5. The normalized spacial score (nSPS) is 14.4. The highest BCUT2D eigenvalue weighted by Gasteiger charge is 2.25. The Balaban J connectivity index is 1.40. The molecule has 2 amide bonds. The Morgan fingerprint density at radius 3 is 2.70 bits per heavy atom. The average molecular weight is 633 g/mol. The molecule has 1 aliphatic heterocycles. The van der Waals surface area contributed by atoms with Gasteiger partial charge in [-0.1, -0.05) is 23.3 Å². The van der Waals surface area contributed by atoms with E-state index in [2.05, 4.69) is 43.4 Å². The van der Waals surface area contributed by atoms with Crippen LogP contribution in [0.4, 0.5) is 14.5 Å². The van der Waals surface area contributed by atoms with Crippen LogP contribution in [0.1, 0.15) is 10.4 Å². The van der Waals surface area contributed by atoms with Crippen molar-refractivity contribution in [3.63, 3.8) is 0 Å². The second-order valence-electron chi connectivity index (χ2n) is 10.4. The number of carbonyl (C=O) groups is 2. The van der Waals surface area contributed by atoms with Gasteiger partial charge >= 0.3 is 6.61 Å². The average Bonchev–Trinajstić information content (AvgIpc) is 3.56. The van der Waals surface area contributed by atoms with Crippen molar-refractivity contribution in [2.75, 3.05) is 50.0 Å². The summed E-state index contributed by atoms with van der Waals surface area (Å²) in [5, 5.41) is 11.7. The molecule has 1 N–H and O–H groups in total. The van der Waals surface area contributed by atoms with E-state index in [9.17, 15) is 18.4 Å². The fraction of sp³-hybridized carbons (Fsp3) is 0.321. The molecule has 228 valence electrons. The van der Waals surface area contributed by atoms with Crippen molar-refractivity contribution < 1.29 is 23.1 Å². The SMILES string of the molecule is C=S(=C)(C)CCN1CCN(C(=O)Cn2cc(NC(=O)c3cnn4cccnc34)c(-c3cc(Cl)ccc3OC(F)F)n2)CC1. The van der Waals surface area contributed by atoms with Crippen LogP contribution in [0.2, 0.25) is 5.02 Å². The summed E-state index contributed by atoms with van der Waals surface area (Å²) in [6, 6.07) is 5.78. The lowest BCUT2D eigenvalue weighted by molar-refractivity contribution is -0.133. The number of piperazine rings is 1. The molecule has 0 unspecified atom stereocenters. The first-order chi connectivity index (χ1) is 20.5. The predicted octanol–water partition coefficient (Wildman–Crippen LogP) is 3.54. The summed E-state index contributed by atoms with van der Waals surface area (Å²) in [6.07, 6.45) is 8.09. The fourth-order valence-electron chi connectivity index (χ4n) is 4.66. The summed E-state index contributed by atoms with van der Waals surface area (Å²) < 4.78 is 34.0. The van der Waals surface area contributed by atoms with Gasteiger partial charge in [0.2, 0.25) is 5.91 Å². The van der Waals surface area contributed by atoms with Crippen LogP contribution in [0.25, 0.3) is 16.9 Å². The number of rotatable bonds is 10. The number of alkyl halides is 2. The second-order valence-corrected chi connectivity index (χ2v) is 14.2. The Morgan fingerprint density at radius 1 is 1.21 bits per heavy atom. The predicted molar refractivity (Wildman–Crippen MR) is 166 cm³/mol. The number of ether oxygens (including phenoxy) is 1. The molecule has 0 spiro atoms. The van der Waals surface area contributed by atoms with Crippen LogP contribution >= 0.6 is 20.8 Å². The summed E-state index contributed by atoms with van der Waals surface area (Å²) in [4.78, 5) is 34.8. The molecule has 4 heterocycles. The van der Waals surface area contributed by atoms with Crippen molar-refractivity contribution in [2.45, 2.75) is 13.2 Å². The zero-order valence-corrected chi connectivity index (χ0v) is 25.0. The first-order valence-electron chi connectivity index (χ1n) is 13.3. The molecule has 11 nitrogen and oxygen atoms in total. The molecule has 0 saturated carbocycles. The lowest BCUT2D eigenvalue weighted by Crippen LogP contribution is -2.50. The van der Waals surface area contributed by atoms with Gasteiger partial charge in [0.15, 0.2) is 5.65 Å². The summed E-state index contributed by atoms with van der Waals surface area (Å²) in [7, 11) is -1.10. The number of nitrogens with one attached hydrogen (secondary N) is 1. The third-order valence-electron chi connectivity index (χ3n) is 6.87. The number of carbonyl (C=O) groups excluding carboxylic acids is 2. The lowest BCUT2D eigenvalue weighted by atomic mass is 10.1. The van der Waals surface area contributed by atoms with E-state index in [0.29, 0.717) is 18.7 Å². The number of anilines is 1. The molecule has 4 aromatic rings. The molecule has 1 aromatic carbocycles. The fourth-order valence-corrected chi connectivity index (χ4v) is 5.54. The van der Waals surface area contributed by atoms with Crippen molar-refractivity contribution in [3.8, 4) is 17.0 Å². The van der Waals surface area contributed by atoms with Gasteiger partial charge in [-0.2, -0.15) is 19.0 Å². The Labute approximate surface area is 252 Å². The van der Waals surface area contributed by atoms with Crippen molar-refractivity contribution in [2.24, 2.45) is 0 Å². The van der Waals surface area contributed by atoms with E-state index in [1.165, 1.54) is 46.0 Å². The van der Waals surface area contributed by atoms with E-state index in [-0.39, 0.29) is 45.7 Å². The van der Waals surface area contributed by atoms with Crippen LogP contribution in [0.3, 0.4) is 0 Å². The minimum Gasteiger partial charge on any atom is -0.434 e. The van der Waals surface area contributed by atoms with Gasteiger partial charge in [-0.15, -0.1) is 0 Å². The number of aromatic nitrogens is 5. The van der Waals surface area contributed by atoms with Gasteiger partial charge in [-0.25, -0.2) is 18.7 Å². The number of hydrogen-bond donors (Lipinski definition) is 1. The Hall–Kier alpha value is -4.01. The van der Waals surface area contributed by atoms with E-state index < -0.39 is 21.7 Å². The maximum atomic E-state index is 13.3. The molecule has 0 radical (unpaired) electrons. The monoisotopic (exact) mass is 632 g/mol. The minimum absolute atomic E-state index is 0.0976. The van der Waals surface area contributed by atoms with Crippen LogP contribution < -0.4 is 10.1 Å². The summed E-state index contributed by atoms with van der Waals surface area (Å²) in [5.74, 6) is 8.27. The Kier molecular flexibility index (Phi) is 8.99. The number of amides is 2. The molecule has 5 rings (SSSR count). The van der Waals surface area contributed by atoms with E-state index in [1.807, 2.05) is 0 Å². The lowest BCUT2D eigenvalue weighted by Gasteiger charge is -2.35. The summed E-state index contributed by atoms with van der Waals surface area (Å²) >= 11 is 6.20. The van der Waals surface area contributed by atoms with Crippen LogP contribution in [0.15, 0.2) is 49.1 Å². The first-order valence-corrected chi connectivity index (χ1v) is 16.2. The van der Waals surface area contributed by atoms with Crippen LogP contribution in [-0.4, -0.2) is 109 Å². The van der Waals surface area contributed by atoms with Crippen molar-refractivity contribution in [3.05, 3.63) is 59.6 Å². The van der Waals surface area contributed by atoms with E-state index >= 15 is 0 Å². The molecule has 43 heavy (non-hydrogen) atoms. The maximum absolute atomic E-state index is 13.3. The summed E-state index contributed by atoms with van der Waals surface area (Å²) in [5.41, 5.74) is 0.879. The van der Waals surface area contributed by atoms with Gasteiger partial charge in [-0.05, 0) is 36.3 Å². The van der Waals surface area contributed by atoms with Gasteiger partial charge in [0.05, 0.1) is 11.9 Å². The number of hydrogen-bond acceptors (Lipinski definition) is 7. The van der Waals surface area contributed by atoms with E-state index in [1.54, 1.807) is 17.2 Å². The van der Waals surface area contributed by atoms with Crippen LogP contribution in [-0.2, 0) is 11.3 Å². The van der Waals surface area contributed by atoms with Gasteiger partial charge in [0.25, 0.3) is 5.91 Å². The number of fused-ring (bicyclic) bond motifs is 1. The Bertz CT molecular complexity index is 1750. The maximum Gasteiger partial charge on any atom is 0.387 e. The van der Waals surface area contributed by atoms with Gasteiger partial charge in [0, 0.05) is 61.9 Å². The van der Waals surface area contributed by atoms with Gasteiger partial charge < -0.3 is 15.0 Å². The minimum atomic E-state index is -3.11. The molecule has 0 bridgehead atoms. The van der Waals surface area contributed by atoms with Crippen molar-refractivity contribution in [1.29, 1.82) is 0 Å². The molecule has 1 aliphatic rings. The standard InChI is InChI=1S/C28H31ClF2N8O3S/c1-43(2,3)14-13-36-9-11-37(12-10-36)24(40)18-38-17-22(34-27(41)21-16-33-39-8-4-7-32-26(21)39)25(35-38)20-15-19(29)5-6-23(20)42-28(30)31/h4-8,15-17,28H,1-2,9-14,18H2,3H3,(H,34,41). The molecule has 0 aliphatic carbocycles. The van der Waals surface area contributed by atoms with Crippen molar-refractivity contribution in [1.82, 2.24) is 34.2 Å². The molecular formula is C28H31ClF2N8O3S. The largest absolute Gasteiger partial charge is 0.434 e. The van der Waals surface area contributed by atoms with Gasteiger partial charge in [0.1, 0.15) is 23.6 Å². The summed E-state index contributed by atoms with van der Waals surface area (Å²) in [6.45, 7) is 0.222. The zero-order chi connectivity index (χ0) is 30.7.